The average molecular weight is 239 g/mol. The van der Waals surface area contributed by atoms with E-state index >= 15 is 0 Å². The van der Waals surface area contributed by atoms with Gasteiger partial charge in [0.25, 0.3) is 0 Å². The molecule has 2 unspecified atom stereocenters. The highest BCUT2D eigenvalue weighted by molar-refractivity contribution is 7.11. The number of Topliss-reactive ketones (excluding diaryl/α,β-unsaturated/α-hetero) is 1. The maximum absolute atomic E-state index is 11.2. The fourth-order valence-electron chi connectivity index (χ4n) is 2.02. The van der Waals surface area contributed by atoms with Crippen LogP contribution in [-0.4, -0.2) is 22.0 Å². The summed E-state index contributed by atoms with van der Waals surface area (Å²) in [6.07, 6.45) is 3.07. The average Bonchev–Trinajstić information content (AvgIpc) is 2.71. The van der Waals surface area contributed by atoms with Gasteiger partial charge in [-0.1, -0.05) is 13.8 Å². The van der Waals surface area contributed by atoms with Gasteiger partial charge >= 0.3 is 0 Å². The fourth-order valence-corrected chi connectivity index (χ4v) is 3.09. The molecule has 1 aromatic rings. The number of hydrogen-bond acceptors (Lipinski definition) is 4. The number of carbonyl (C=O) groups is 1. The second-order valence-electron chi connectivity index (χ2n) is 4.71. The van der Waals surface area contributed by atoms with Gasteiger partial charge in [-0.05, 0) is 18.8 Å². The Morgan fingerprint density at radius 1 is 1.56 bits per heavy atom. The predicted octanol–water partition coefficient (Wildman–Crippen LogP) is 2.46. The molecule has 0 amide bonds. The summed E-state index contributed by atoms with van der Waals surface area (Å²) in [6.45, 7) is 4.25. The van der Waals surface area contributed by atoms with E-state index in [1.54, 1.807) is 11.3 Å². The van der Waals surface area contributed by atoms with Crippen molar-refractivity contribution in [2.75, 3.05) is 0 Å². The molecule has 1 N–H and O–H groups in total. The second-order valence-corrected chi connectivity index (χ2v) is 5.80. The van der Waals surface area contributed by atoms with Gasteiger partial charge in [0.1, 0.15) is 6.10 Å². The van der Waals surface area contributed by atoms with Crippen LogP contribution < -0.4 is 0 Å². The van der Waals surface area contributed by atoms with Gasteiger partial charge in [-0.15, -0.1) is 11.3 Å². The molecule has 0 bridgehead atoms. The molecule has 16 heavy (non-hydrogen) atoms. The Kier molecular flexibility index (Phi) is 3.40. The van der Waals surface area contributed by atoms with Crippen LogP contribution in [0, 0.1) is 0 Å². The standard InChI is InChI=1S/C12H17NO2S/c1-7(2)12-13-6-11(16-12)8-3-4-9(14)10(15)5-8/h6-8,10,15H,3-5H2,1-2H3. The molecule has 1 heterocycles. The zero-order chi connectivity index (χ0) is 11.7. The van der Waals surface area contributed by atoms with Crippen molar-refractivity contribution in [3.05, 3.63) is 16.1 Å². The minimum Gasteiger partial charge on any atom is -0.385 e. The smallest absolute Gasteiger partial charge is 0.161 e. The number of ketones is 1. The van der Waals surface area contributed by atoms with Crippen LogP contribution in [0.3, 0.4) is 0 Å². The Morgan fingerprint density at radius 2 is 2.31 bits per heavy atom. The van der Waals surface area contributed by atoms with E-state index in [0.29, 0.717) is 24.7 Å². The van der Waals surface area contributed by atoms with Gasteiger partial charge in [-0.2, -0.15) is 0 Å². The molecule has 0 saturated heterocycles. The number of aromatic nitrogens is 1. The highest BCUT2D eigenvalue weighted by Crippen LogP contribution is 2.35. The quantitative estimate of drug-likeness (QED) is 0.862. The lowest BCUT2D eigenvalue weighted by molar-refractivity contribution is -0.129. The monoisotopic (exact) mass is 239 g/mol. The van der Waals surface area contributed by atoms with E-state index in [1.165, 1.54) is 4.88 Å². The number of thiazole rings is 1. The highest BCUT2D eigenvalue weighted by atomic mass is 32.1. The molecule has 88 valence electrons. The summed E-state index contributed by atoms with van der Waals surface area (Å²) in [5, 5.41) is 10.7. The first-order valence-corrected chi connectivity index (χ1v) is 6.56. The van der Waals surface area contributed by atoms with Crippen molar-refractivity contribution in [2.45, 2.75) is 51.0 Å². The summed E-state index contributed by atoms with van der Waals surface area (Å²) in [4.78, 5) is 16.8. The molecular formula is C12H17NO2S. The van der Waals surface area contributed by atoms with Gasteiger partial charge in [0.15, 0.2) is 5.78 Å². The number of hydrogen-bond donors (Lipinski definition) is 1. The van der Waals surface area contributed by atoms with E-state index < -0.39 is 6.10 Å². The predicted molar refractivity (Wildman–Crippen MR) is 63.8 cm³/mol. The number of carbonyl (C=O) groups excluding carboxylic acids is 1. The minimum atomic E-state index is -0.761. The molecule has 1 saturated carbocycles. The summed E-state index contributed by atoms with van der Waals surface area (Å²) >= 11 is 1.72. The molecule has 1 aliphatic rings. The maximum atomic E-state index is 11.2. The Bertz CT molecular complexity index is 386. The topological polar surface area (TPSA) is 50.2 Å². The third kappa shape index (κ3) is 2.33. The number of aliphatic hydroxyl groups is 1. The zero-order valence-corrected chi connectivity index (χ0v) is 10.5. The summed E-state index contributed by atoms with van der Waals surface area (Å²) < 4.78 is 0. The lowest BCUT2D eigenvalue weighted by Crippen LogP contribution is -2.28. The number of aliphatic hydroxyl groups excluding tert-OH is 1. The van der Waals surface area contributed by atoms with Crippen LogP contribution in [0.15, 0.2) is 6.20 Å². The zero-order valence-electron chi connectivity index (χ0n) is 9.64. The first-order chi connectivity index (χ1) is 7.58. The molecule has 0 spiro atoms. The molecule has 4 heteroatoms. The van der Waals surface area contributed by atoms with Crippen LogP contribution >= 0.6 is 11.3 Å². The normalized spacial score (nSPS) is 26.4. The van der Waals surface area contributed by atoms with E-state index in [2.05, 4.69) is 18.8 Å². The Hall–Kier alpha value is -0.740. The van der Waals surface area contributed by atoms with Crippen molar-refractivity contribution in [3.63, 3.8) is 0 Å². The third-order valence-electron chi connectivity index (χ3n) is 3.06. The van der Waals surface area contributed by atoms with Gasteiger partial charge in [0, 0.05) is 23.4 Å². The van der Waals surface area contributed by atoms with Crippen molar-refractivity contribution in [1.29, 1.82) is 0 Å². The summed E-state index contributed by atoms with van der Waals surface area (Å²) in [7, 11) is 0. The Morgan fingerprint density at radius 3 is 2.88 bits per heavy atom. The van der Waals surface area contributed by atoms with Gasteiger partial charge in [0.2, 0.25) is 0 Å². The van der Waals surface area contributed by atoms with Gasteiger partial charge in [-0.3, -0.25) is 4.79 Å². The lowest BCUT2D eigenvalue weighted by atomic mass is 9.86. The van der Waals surface area contributed by atoms with Gasteiger partial charge < -0.3 is 5.11 Å². The van der Waals surface area contributed by atoms with Crippen LogP contribution in [0.25, 0.3) is 0 Å². The Labute approximate surface area is 99.5 Å². The molecule has 1 aliphatic carbocycles. The maximum Gasteiger partial charge on any atom is 0.161 e. The molecule has 1 aromatic heterocycles. The van der Waals surface area contributed by atoms with Gasteiger partial charge in [-0.25, -0.2) is 4.98 Å². The Balaban J connectivity index is 2.09. The molecule has 0 radical (unpaired) electrons. The number of rotatable bonds is 2. The molecule has 0 aromatic carbocycles. The highest BCUT2D eigenvalue weighted by Gasteiger charge is 2.29. The fraction of sp³-hybridized carbons (Fsp3) is 0.667. The van der Waals surface area contributed by atoms with Crippen LogP contribution in [-0.2, 0) is 4.79 Å². The molecule has 0 aliphatic heterocycles. The van der Waals surface area contributed by atoms with Crippen LogP contribution in [0.2, 0.25) is 0 Å². The molecule has 3 nitrogen and oxygen atoms in total. The van der Waals surface area contributed by atoms with Crippen LogP contribution in [0.4, 0.5) is 0 Å². The van der Waals surface area contributed by atoms with Crippen molar-refractivity contribution in [1.82, 2.24) is 4.98 Å². The SMILES string of the molecule is CC(C)c1ncc(C2CCC(=O)C(O)C2)s1. The van der Waals surface area contributed by atoms with E-state index in [4.69, 9.17) is 0 Å². The molecule has 2 atom stereocenters. The van der Waals surface area contributed by atoms with Crippen molar-refractivity contribution in [2.24, 2.45) is 0 Å². The second kappa shape index (κ2) is 4.63. The van der Waals surface area contributed by atoms with E-state index in [-0.39, 0.29) is 5.78 Å². The number of nitrogens with zero attached hydrogens (tertiary/aromatic N) is 1. The van der Waals surface area contributed by atoms with Crippen LogP contribution in [0.1, 0.15) is 54.8 Å². The van der Waals surface area contributed by atoms with Gasteiger partial charge in [0.05, 0.1) is 5.01 Å². The largest absolute Gasteiger partial charge is 0.385 e. The molecular weight excluding hydrogens is 222 g/mol. The summed E-state index contributed by atoms with van der Waals surface area (Å²) in [5.74, 6) is 0.761. The van der Waals surface area contributed by atoms with Crippen molar-refractivity contribution in [3.8, 4) is 0 Å². The summed E-state index contributed by atoms with van der Waals surface area (Å²) in [6, 6.07) is 0. The first kappa shape index (κ1) is 11.7. The van der Waals surface area contributed by atoms with Crippen molar-refractivity contribution >= 4 is 17.1 Å². The first-order valence-electron chi connectivity index (χ1n) is 5.74. The summed E-state index contributed by atoms with van der Waals surface area (Å²) in [5.41, 5.74) is 0. The van der Waals surface area contributed by atoms with E-state index in [9.17, 15) is 9.90 Å². The molecule has 1 fully saturated rings. The third-order valence-corrected chi connectivity index (χ3v) is 4.52. The van der Waals surface area contributed by atoms with Crippen molar-refractivity contribution < 1.29 is 9.90 Å². The van der Waals surface area contributed by atoms with Crippen LogP contribution in [0.5, 0.6) is 0 Å². The lowest BCUT2D eigenvalue weighted by Gasteiger charge is -2.23. The minimum absolute atomic E-state index is 0.00940. The van der Waals surface area contributed by atoms with E-state index in [0.717, 1.165) is 11.4 Å². The molecule has 2 rings (SSSR count). The van der Waals surface area contributed by atoms with E-state index in [1.807, 2.05) is 6.20 Å².